The average molecular weight is 632 g/mol. The van der Waals surface area contributed by atoms with Gasteiger partial charge >= 0.3 is 6.18 Å². The molecular weight excluding hydrogens is 601 g/mol. The molecule has 0 aromatic heterocycles. The molecule has 4 rings (SSSR count). The van der Waals surface area contributed by atoms with Crippen molar-refractivity contribution in [2.24, 2.45) is 4.99 Å². The Hall–Kier alpha value is -3.43. The minimum atomic E-state index is -4.52. The Kier molecular flexibility index (Phi) is 11.5. The van der Waals surface area contributed by atoms with Gasteiger partial charge in [0.25, 0.3) is 0 Å². The van der Waals surface area contributed by atoms with E-state index in [1.807, 2.05) is 83.8 Å². The topological polar surface area (TPSA) is 34.1 Å². The first-order chi connectivity index (χ1) is 18.9. The van der Waals surface area contributed by atoms with Crippen molar-refractivity contribution in [2.45, 2.75) is 25.0 Å². The highest BCUT2D eigenvalue weighted by atomic mass is 79.9. The van der Waals surface area contributed by atoms with Crippen molar-refractivity contribution in [3.05, 3.63) is 125 Å². The number of thioether (sulfide) groups is 1. The average Bonchev–Trinajstić information content (AvgIpc) is 2.96. The van der Waals surface area contributed by atoms with E-state index in [2.05, 4.69) is 4.99 Å². The molecule has 0 unspecified atom stereocenters. The van der Waals surface area contributed by atoms with E-state index in [0.29, 0.717) is 24.0 Å². The minimum absolute atomic E-state index is 0. The Morgan fingerprint density at radius 3 is 1.70 bits per heavy atom. The van der Waals surface area contributed by atoms with E-state index < -0.39 is 11.7 Å². The van der Waals surface area contributed by atoms with Gasteiger partial charge in [-0.3, -0.25) is 0 Å². The van der Waals surface area contributed by atoms with Crippen molar-refractivity contribution in [1.29, 1.82) is 0 Å². The van der Waals surface area contributed by atoms with Crippen LogP contribution in [0.25, 0.3) is 0 Å². The molecule has 0 aliphatic carbocycles. The standard InChI is InChI=1S/C31H29F3N2O2S.BrH/c1-37-26-16-12-23(13-17-26)20-36(21-24-14-18-27(38-2)19-15-24)30(39-22-25-8-4-3-5-9-25)35-29-11-7-6-10-28(29)31(32,33)34;/h3-19H,20-22H2,1-2H3;1H. The predicted molar refractivity (Wildman–Crippen MR) is 162 cm³/mol. The van der Waals surface area contributed by atoms with Crippen LogP contribution in [-0.4, -0.2) is 24.3 Å². The summed E-state index contributed by atoms with van der Waals surface area (Å²) in [4.78, 5) is 6.64. The van der Waals surface area contributed by atoms with Crippen LogP contribution in [0.5, 0.6) is 11.5 Å². The molecule has 0 atom stereocenters. The van der Waals surface area contributed by atoms with E-state index in [0.717, 1.165) is 34.3 Å². The Balaban J connectivity index is 0.00000441. The zero-order valence-corrected chi connectivity index (χ0v) is 24.6. The molecule has 0 N–H and O–H groups in total. The summed E-state index contributed by atoms with van der Waals surface area (Å²) in [6, 6.07) is 30.5. The number of methoxy groups -OCH3 is 2. The molecule has 40 heavy (non-hydrogen) atoms. The van der Waals surface area contributed by atoms with Crippen LogP contribution >= 0.6 is 28.7 Å². The maximum absolute atomic E-state index is 13.9. The van der Waals surface area contributed by atoms with E-state index in [9.17, 15) is 13.2 Å². The number of nitrogens with zero attached hydrogens (tertiary/aromatic N) is 2. The summed E-state index contributed by atoms with van der Waals surface area (Å²) in [6.45, 7) is 0.871. The number of aliphatic imine (C=N–C) groups is 1. The number of hydrogen-bond acceptors (Lipinski definition) is 4. The Morgan fingerprint density at radius 1 is 0.700 bits per heavy atom. The van der Waals surface area contributed by atoms with Crippen molar-refractivity contribution in [3.8, 4) is 11.5 Å². The number of alkyl halides is 3. The first-order valence-corrected chi connectivity index (χ1v) is 13.3. The van der Waals surface area contributed by atoms with Crippen LogP contribution in [0.2, 0.25) is 0 Å². The summed E-state index contributed by atoms with van der Waals surface area (Å²) < 4.78 is 52.2. The van der Waals surface area contributed by atoms with Crippen LogP contribution in [0.3, 0.4) is 0 Å². The van der Waals surface area contributed by atoms with E-state index in [4.69, 9.17) is 9.47 Å². The molecule has 0 amide bonds. The Bertz CT molecular complexity index is 1320. The summed E-state index contributed by atoms with van der Waals surface area (Å²) in [6.07, 6.45) is -4.52. The van der Waals surface area contributed by atoms with E-state index >= 15 is 0 Å². The molecule has 0 aliphatic heterocycles. The van der Waals surface area contributed by atoms with Crippen molar-refractivity contribution < 1.29 is 22.6 Å². The quantitative estimate of drug-likeness (QED) is 0.137. The van der Waals surface area contributed by atoms with Crippen molar-refractivity contribution in [3.63, 3.8) is 0 Å². The molecule has 0 fully saturated rings. The normalized spacial score (nSPS) is 11.5. The Morgan fingerprint density at radius 2 is 1.20 bits per heavy atom. The van der Waals surface area contributed by atoms with Gasteiger partial charge in [-0.15, -0.1) is 17.0 Å². The molecule has 0 saturated heterocycles. The van der Waals surface area contributed by atoms with Gasteiger partial charge in [0, 0.05) is 18.8 Å². The molecule has 4 aromatic rings. The van der Waals surface area contributed by atoms with Gasteiger partial charge in [-0.1, -0.05) is 78.5 Å². The highest BCUT2D eigenvalue weighted by Crippen LogP contribution is 2.37. The summed E-state index contributed by atoms with van der Waals surface area (Å²) >= 11 is 1.41. The second-order valence-corrected chi connectivity index (χ2v) is 9.68. The van der Waals surface area contributed by atoms with Gasteiger partial charge in [-0.2, -0.15) is 13.2 Å². The van der Waals surface area contributed by atoms with Gasteiger partial charge in [0.05, 0.1) is 25.5 Å². The third-order valence-electron chi connectivity index (χ3n) is 5.97. The Labute approximate surface area is 247 Å². The zero-order chi connectivity index (χ0) is 27.7. The number of ether oxygens (including phenoxy) is 2. The molecule has 0 spiro atoms. The molecule has 9 heteroatoms. The largest absolute Gasteiger partial charge is 0.497 e. The van der Waals surface area contributed by atoms with Gasteiger partial charge in [-0.25, -0.2) is 4.99 Å². The van der Waals surface area contributed by atoms with Crippen molar-refractivity contribution >= 4 is 39.6 Å². The number of hydrogen-bond donors (Lipinski definition) is 0. The van der Waals surface area contributed by atoms with Gasteiger partial charge in [-0.05, 0) is 53.1 Å². The molecule has 0 radical (unpaired) electrons. The summed E-state index contributed by atoms with van der Waals surface area (Å²) in [5.74, 6) is 2.01. The van der Waals surface area contributed by atoms with Gasteiger partial charge in [0.2, 0.25) is 0 Å². The highest BCUT2D eigenvalue weighted by molar-refractivity contribution is 8.93. The maximum atomic E-state index is 13.9. The minimum Gasteiger partial charge on any atom is -0.497 e. The lowest BCUT2D eigenvalue weighted by molar-refractivity contribution is -0.137. The second-order valence-electron chi connectivity index (χ2n) is 8.74. The third-order valence-corrected chi connectivity index (χ3v) is 7.06. The number of halogens is 4. The first-order valence-electron chi connectivity index (χ1n) is 12.3. The highest BCUT2D eigenvalue weighted by Gasteiger charge is 2.33. The van der Waals surface area contributed by atoms with Gasteiger partial charge in [0.1, 0.15) is 11.5 Å². The number of benzene rings is 4. The summed E-state index contributed by atoms with van der Waals surface area (Å²) in [5, 5.41) is 0.488. The first kappa shape index (κ1) is 31.1. The van der Waals surface area contributed by atoms with E-state index in [1.54, 1.807) is 20.3 Å². The summed E-state index contributed by atoms with van der Waals surface area (Å²) in [7, 11) is 3.21. The fraction of sp³-hybridized carbons (Fsp3) is 0.194. The molecule has 210 valence electrons. The summed E-state index contributed by atoms with van der Waals surface area (Å²) in [5.41, 5.74) is 2.11. The fourth-order valence-corrected chi connectivity index (χ4v) is 4.89. The fourth-order valence-electron chi connectivity index (χ4n) is 3.92. The third kappa shape index (κ3) is 8.79. The molecule has 0 saturated carbocycles. The number of amidine groups is 1. The van der Waals surface area contributed by atoms with E-state index in [1.165, 1.54) is 23.9 Å². The SMILES string of the molecule is Br.COc1ccc(CN(Cc2ccc(OC)cc2)C(=Nc2ccccc2C(F)(F)F)SCc2ccccc2)cc1. The lowest BCUT2D eigenvalue weighted by Crippen LogP contribution is -2.28. The van der Waals surface area contributed by atoms with Gasteiger partial charge in [0.15, 0.2) is 5.17 Å². The number of rotatable bonds is 9. The lowest BCUT2D eigenvalue weighted by Gasteiger charge is -2.27. The molecule has 4 aromatic carbocycles. The van der Waals surface area contributed by atoms with Crippen LogP contribution in [0.15, 0.2) is 108 Å². The van der Waals surface area contributed by atoms with Gasteiger partial charge < -0.3 is 14.4 Å². The molecule has 4 nitrogen and oxygen atoms in total. The second kappa shape index (κ2) is 14.8. The predicted octanol–water partition coefficient (Wildman–Crippen LogP) is 8.92. The molecule has 0 heterocycles. The molecule has 0 bridgehead atoms. The molecule has 0 aliphatic rings. The zero-order valence-electron chi connectivity index (χ0n) is 22.1. The van der Waals surface area contributed by atoms with Crippen LogP contribution in [0, 0.1) is 0 Å². The number of para-hydroxylation sites is 1. The van der Waals surface area contributed by atoms with Crippen LogP contribution in [0.4, 0.5) is 18.9 Å². The van der Waals surface area contributed by atoms with Crippen LogP contribution in [-0.2, 0) is 25.0 Å². The maximum Gasteiger partial charge on any atom is 0.418 e. The monoisotopic (exact) mass is 630 g/mol. The van der Waals surface area contributed by atoms with Crippen LogP contribution < -0.4 is 9.47 Å². The van der Waals surface area contributed by atoms with Crippen molar-refractivity contribution in [1.82, 2.24) is 4.90 Å². The van der Waals surface area contributed by atoms with Crippen molar-refractivity contribution in [2.75, 3.05) is 14.2 Å². The lowest BCUT2D eigenvalue weighted by atomic mass is 10.1. The smallest absolute Gasteiger partial charge is 0.418 e. The molecular formula is C31H30BrF3N2O2S. The van der Waals surface area contributed by atoms with Crippen LogP contribution in [0.1, 0.15) is 22.3 Å². The van der Waals surface area contributed by atoms with E-state index in [-0.39, 0.29) is 22.7 Å².